The first-order valence-electron chi connectivity index (χ1n) is 7.07. The number of nitrogens with zero attached hydrogens (tertiary/aromatic N) is 1. The molecule has 0 aromatic heterocycles. The summed E-state index contributed by atoms with van der Waals surface area (Å²) in [7, 11) is 0. The summed E-state index contributed by atoms with van der Waals surface area (Å²) >= 11 is 0. The molecule has 0 fully saturated rings. The van der Waals surface area contributed by atoms with Crippen molar-refractivity contribution in [2.24, 2.45) is 5.92 Å². The van der Waals surface area contributed by atoms with Crippen molar-refractivity contribution in [1.82, 2.24) is 4.90 Å². The molecular weight excluding hydrogens is 270 g/mol. The molecular formula is C16H23NO4. The predicted molar refractivity (Wildman–Crippen MR) is 80.3 cm³/mol. The minimum atomic E-state index is -0.997. The van der Waals surface area contributed by atoms with E-state index in [4.69, 9.17) is 9.84 Å². The van der Waals surface area contributed by atoms with Gasteiger partial charge in [0.15, 0.2) is 0 Å². The van der Waals surface area contributed by atoms with Gasteiger partial charge in [-0.25, -0.2) is 0 Å². The third kappa shape index (κ3) is 6.79. The van der Waals surface area contributed by atoms with E-state index in [1.54, 1.807) is 0 Å². The quantitative estimate of drug-likeness (QED) is 0.799. The lowest BCUT2D eigenvalue weighted by molar-refractivity contribution is -0.145. The summed E-state index contributed by atoms with van der Waals surface area (Å²) in [5, 5.41) is 8.85. The number of hydrogen-bond donors (Lipinski definition) is 1. The van der Waals surface area contributed by atoms with Gasteiger partial charge in [-0.1, -0.05) is 31.5 Å². The molecule has 21 heavy (non-hydrogen) atoms. The zero-order valence-corrected chi connectivity index (χ0v) is 12.8. The number of carbonyl (C=O) groups is 2. The normalized spacial score (nSPS) is 10.5. The predicted octanol–water partition coefficient (Wildman–Crippen LogP) is 2.33. The Bertz CT molecular complexity index is 468. The number of carboxylic acid groups (broad SMARTS) is 1. The molecule has 0 unspecified atom stereocenters. The number of ether oxygens (including phenoxy) is 1. The van der Waals surface area contributed by atoms with E-state index in [9.17, 15) is 9.59 Å². The first-order valence-corrected chi connectivity index (χ1v) is 7.07. The average Bonchev–Trinajstić information content (AvgIpc) is 2.39. The maximum atomic E-state index is 12.0. The minimum absolute atomic E-state index is 0.174. The molecule has 0 aliphatic rings. The van der Waals surface area contributed by atoms with Gasteiger partial charge in [0.25, 0.3) is 0 Å². The highest BCUT2D eigenvalue weighted by molar-refractivity contribution is 5.81. The zero-order chi connectivity index (χ0) is 15.8. The molecule has 0 aliphatic carbocycles. The van der Waals surface area contributed by atoms with Crippen LogP contribution in [0.5, 0.6) is 5.75 Å². The van der Waals surface area contributed by atoms with Crippen LogP contribution in [0.25, 0.3) is 0 Å². The Morgan fingerprint density at radius 3 is 2.38 bits per heavy atom. The lowest BCUT2D eigenvalue weighted by Gasteiger charge is -2.22. The van der Waals surface area contributed by atoms with Crippen LogP contribution in [0.4, 0.5) is 0 Å². The van der Waals surface area contributed by atoms with Crippen LogP contribution in [-0.2, 0) is 9.59 Å². The molecule has 1 amide bonds. The number of carbonyl (C=O) groups excluding carboxylic acids is 1. The molecule has 1 aromatic carbocycles. The lowest BCUT2D eigenvalue weighted by Crippen LogP contribution is -2.38. The Kier molecular flexibility index (Phi) is 6.72. The third-order valence-corrected chi connectivity index (χ3v) is 2.87. The van der Waals surface area contributed by atoms with Crippen molar-refractivity contribution < 1.29 is 19.4 Å². The van der Waals surface area contributed by atoms with E-state index < -0.39 is 5.97 Å². The smallest absolute Gasteiger partial charge is 0.323 e. The van der Waals surface area contributed by atoms with Gasteiger partial charge in [0.1, 0.15) is 12.3 Å². The Labute approximate surface area is 125 Å². The van der Waals surface area contributed by atoms with Gasteiger partial charge < -0.3 is 14.7 Å². The van der Waals surface area contributed by atoms with E-state index in [0.29, 0.717) is 12.3 Å². The van der Waals surface area contributed by atoms with Crippen LogP contribution in [0, 0.1) is 12.8 Å². The van der Waals surface area contributed by atoms with Crippen molar-refractivity contribution in [1.29, 1.82) is 0 Å². The molecule has 0 spiro atoms. The summed E-state index contributed by atoms with van der Waals surface area (Å²) in [6.45, 7) is 6.31. The van der Waals surface area contributed by atoms with Crippen molar-refractivity contribution >= 4 is 11.9 Å². The summed E-state index contributed by atoms with van der Waals surface area (Å²) in [5.41, 5.74) is 1.14. The molecule has 116 valence electrons. The second kappa shape index (κ2) is 8.29. The second-order valence-corrected chi connectivity index (χ2v) is 5.47. The van der Waals surface area contributed by atoms with Gasteiger partial charge >= 0.3 is 5.97 Å². The Hall–Kier alpha value is -2.04. The van der Waals surface area contributed by atoms with Crippen LogP contribution < -0.4 is 4.74 Å². The lowest BCUT2D eigenvalue weighted by atomic mass is 10.2. The number of aryl methyl sites for hydroxylation is 1. The maximum Gasteiger partial charge on any atom is 0.323 e. The molecule has 1 rings (SSSR count). The molecule has 0 atom stereocenters. The van der Waals surface area contributed by atoms with Gasteiger partial charge in [-0.05, 0) is 25.0 Å². The molecule has 0 bridgehead atoms. The molecule has 5 heteroatoms. The summed E-state index contributed by atoms with van der Waals surface area (Å²) in [4.78, 5) is 24.2. The number of amides is 1. The topological polar surface area (TPSA) is 66.8 Å². The van der Waals surface area contributed by atoms with Crippen LogP contribution in [0.15, 0.2) is 24.3 Å². The van der Waals surface area contributed by atoms with Crippen molar-refractivity contribution in [3.05, 3.63) is 29.8 Å². The van der Waals surface area contributed by atoms with Gasteiger partial charge in [0.05, 0.1) is 13.0 Å². The number of rotatable bonds is 8. The number of aliphatic carboxylic acids is 1. The van der Waals surface area contributed by atoms with Crippen LogP contribution in [0.1, 0.15) is 25.8 Å². The van der Waals surface area contributed by atoms with Crippen molar-refractivity contribution in [3.8, 4) is 5.75 Å². The standard InChI is InChI=1S/C16H23NO4/c1-12(2)10-17(11-16(19)20)15(18)8-9-21-14-6-4-13(3)5-7-14/h4-7,12H,8-11H2,1-3H3,(H,19,20). The number of benzene rings is 1. The van der Waals surface area contributed by atoms with Gasteiger partial charge in [-0.2, -0.15) is 0 Å². The fraction of sp³-hybridized carbons (Fsp3) is 0.500. The van der Waals surface area contributed by atoms with Gasteiger partial charge in [0, 0.05) is 6.54 Å². The van der Waals surface area contributed by atoms with E-state index in [0.717, 1.165) is 5.56 Å². The minimum Gasteiger partial charge on any atom is -0.493 e. The van der Waals surface area contributed by atoms with Crippen LogP contribution in [0.3, 0.4) is 0 Å². The molecule has 0 saturated heterocycles. The summed E-state index contributed by atoms with van der Waals surface area (Å²) in [6, 6.07) is 7.57. The van der Waals surface area contributed by atoms with Crippen LogP contribution in [-0.4, -0.2) is 41.6 Å². The summed E-state index contributed by atoms with van der Waals surface area (Å²) in [5.74, 6) is -0.255. The van der Waals surface area contributed by atoms with Gasteiger partial charge in [-0.3, -0.25) is 9.59 Å². The Morgan fingerprint density at radius 2 is 1.86 bits per heavy atom. The average molecular weight is 293 g/mol. The molecule has 1 aromatic rings. The Balaban J connectivity index is 2.45. The fourth-order valence-corrected chi connectivity index (χ4v) is 1.91. The first-order chi connectivity index (χ1) is 9.88. The monoisotopic (exact) mass is 293 g/mol. The zero-order valence-electron chi connectivity index (χ0n) is 12.8. The fourth-order valence-electron chi connectivity index (χ4n) is 1.91. The van der Waals surface area contributed by atoms with Gasteiger partial charge in [-0.15, -0.1) is 0 Å². The van der Waals surface area contributed by atoms with Crippen LogP contribution >= 0.6 is 0 Å². The highest BCUT2D eigenvalue weighted by Gasteiger charge is 2.17. The van der Waals surface area contributed by atoms with E-state index in [2.05, 4.69) is 0 Å². The first kappa shape index (κ1) is 17.0. The van der Waals surface area contributed by atoms with E-state index in [1.807, 2.05) is 45.0 Å². The van der Waals surface area contributed by atoms with E-state index in [-0.39, 0.29) is 31.4 Å². The molecule has 0 radical (unpaired) electrons. The highest BCUT2D eigenvalue weighted by Crippen LogP contribution is 2.12. The SMILES string of the molecule is Cc1ccc(OCCC(=O)N(CC(=O)O)CC(C)C)cc1. The second-order valence-electron chi connectivity index (χ2n) is 5.47. The van der Waals surface area contributed by atoms with Crippen LogP contribution in [0.2, 0.25) is 0 Å². The molecule has 0 heterocycles. The number of hydrogen-bond acceptors (Lipinski definition) is 3. The maximum absolute atomic E-state index is 12.0. The number of carboxylic acids is 1. The van der Waals surface area contributed by atoms with Gasteiger partial charge in [0.2, 0.25) is 5.91 Å². The molecule has 0 aliphatic heterocycles. The van der Waals surface area contributed by atoms with Crippen molar-refractivity contribution in [2.45, 2.75) is 27.2 Å². The highest BCUT2D eigenvalue weighted by atomic mass is 16.5. The van der Waals surface area contributed by atoms with Crippen molar-refractivity contribution in [2.75, 3.05) is 19.7 Å². The largest absolute Gasteiger partial charge is 0.493 e. The van der Waals surface area contributed by atoms with Crippen molar-refractivity contribution in [3.63, 3.8) is 0 Å². The molecule has 1 N–H and O–H groups in total. The van der Waals surface area contributed by atoms with E-state index >= 15 is 0 Å². The Morgan fingerprint density at radius 1 is 1.24 bits per heavy atom. The summed E-state index contributed by atoms with van der Waals surface area (Å²) < 4.78 is 5.50. The molecule has 0 saturated carbocycles. The van der Waals surface area contributed by atoms with E-state index in [1.165, 1.54) is 4.90 Å². The summed E-state index contributed by atoms with van der Waals surface area (Å²) in [6.07, 6.45) is 0.174. The third-order valence-electron chi connectivity index (χ3n) is 2.87. The molecule has 5 nitrogen and oxygen atoms in total.